The minimum absolute atomic E-state index is 0.0179. The maximum absolute atomic E-state index is 10.9. The Morgan fingerprint density at radius 3 is 2.65 bits per heavy atom. The lowest BCUT2D eigenvalue weighted by Crippen LogP contribution is -2.24. The predicted molar refractivity (Wildman–Crippen MR) is 89.0 cm³/mol. The van der Waals surface area contributed by atoms with E-state index in [9.17, 15) is 15.0 Å². The molecule has 0 spiro atoms. The zero-order valence-electron chi connectivity index (χ0n) is 13.6. The first-order valence-electron chi connectivity index (χ1n) is 8.23. The van der Waals surface area contributed by atoms with E-state index in [-0.39, 0.29) is 18.3 Å². The Labute approximate surface area is 137 Å². The molecule has 1 aliphatic rings. The highest BCUT2D eigenvalue weighted by atomic mass is 16.4. The molecule has 0 aliphatic heterocycles. The molecule has 0 bridgehead atoms. The molecule has 1 aromatic rings. The van der Waals surface area contributed by atoms with Gasteiger partial charge in [-0.25, -0.2) is 0 Å². The molecular weight excluding hydrogens is 292 g/mol. The number of aliphatic carboxylic acids is 1. The van der Waals surface area contributed by atoms with E-state index in [4.69, 9.17) is 5.11 Å². The van der Waals surface area contributed by atoms with Crippen molar-refractivity contribution in [1.29, 1.82) is 0 Å². The predicted octanol–water partition coefficient (Wildman–Crippen LogP) is 2.79. The summed E-state index contributed by atoms with van der Waals surface area (Å²) in [6.45, 7) is 1.77. The summed E-state index contributed by atoms with van der Waals surface area (Å²) in [6.07, 6.45) is 5.86. The molecule has 0 unspecified atom stereocenters. The van der Waals surface area contributed by atoms with Crippen molar-refractivity contribution >= 4 is 5.97 Å². The highest BCUT2D eigenvalue weighted by Crippen LogP contribution is 2.36. The van der Waals surface area contributed by atoms with Crippen LogP contribution in [0.15, 0.2) is 42.5 Å². The average Bonchev–Trinajstić information content (AvgIpc) is 2.85. The van der Waals surface area contributed by atoms with Crippen molar-refractivity contribution in [3.63, 3.8) is 0 Å². The lowest BCUT2D eigenvalue weighted by molar-refractivity contribution is -0.139. The molecule has 2 rings (SSSR count). The molecule has 0 amide bonds. The van der Waals surface area contributed by atoms with Crippen LogP contribution < -0.4 is 0 Å². The first kappa shape index (κ1) is 17.7. The van der Waals surface area contributed by atoms with Crippen LogP contribution in [0.5, 0.6) is 0 Å². The second-order valence-corrected chi connectivity index (χ2v) is 6.77. The van der Waals surface area contributed by atoms with Gasteiger partial charge in [0.2, 0.25) is 0 Å². The normalized spacial score (nSPS) is 27.2. The number of carboxylic acid groups (broad SMARTS) is 1. The highest BCUT2D eigenvalue weighted by molar-refractivity contribution is 5.67. The molecule has 23 heavy (non-hydrogen) atoms. The molecule has 0 radical (unpaired) electrons. The van der Waals surface area contributed by atoms with Gasteiger partial charge in [-0.15, -0.1) is 0 Å². The molecule has 0 saturated heterocycles. The Kier molecular flexibility index (Phi) is 5.97. The molecule has 1 aliphatic carbocycles. The van der Waals surface area contributed by atoms with Crippen LogP contribution in [0, 0.1) is 11.8 Å². The van der Waals surface area contributed by atoms with Crippen LogP contribution in [0.1, 0.15) is 38.2 Å². The quantitative estimate of drug-likeness (QED) is 0.676. The standard InChI is InChI=1S/C19H26O4/c1-19(23,11-9-14-5-3-2-4-6-14)12-10-15-7-8-17(20)16(15)13-18(21)22/h2-6,10,12,15-17,20,23H,7-9,11,13H2,1H3,(H,21,22)/t15-,16-,17+,19+/m1/s1. The van der Waals surface area contributed by atoms with Crippen molar-refractivity contribution in [3.05, 3.63) is 48.0 Å². The third-order valence-electron chi connectivity index (χ3n) is 4.72. The lowest BCUT2D eigenvalue weighted by atomic mass is 9.88. The Balaban J connectivity index is 1.93. The monoisotopic (exact) mass is 318 g/mol. The average molecular weight is 318 g/mol. The minimum Gasteiger partial charge on any atom is -0.481 e. The van der Waals surface area contributed by atoms with Crippen molar-refractivity contribution in [2.75, 3.05) is 0 Å². The van der Waals surface area contributed by atoms with E-state index in [0.717, 1.165) is 12.8 Å². The number of aliphatic hydroxyl groups excluding tert-OH is 1. The number of carbonyl (C=O) groups is 1. The molecular formula is C19H26O4. The molecule has 4 atom stereocenters. The first-order chi connectivity index (χ1) is 10.9. The lowest BCUT2D eigenvalue weighted by Gasteiger charge is -2.22. The van der Waals surface area contributed by atoms with Gasteiger partial charge in [-0.05, 0) is 44.1 Å². The van der Waals surface area contributed by atoms with Crippen LogP contribution in [0.25, 0.3) is 0 Å². The molecule has 4 nitrogen and oxygen atoms in total. The maximum Gasteiger partial charge on any atom is 0.303 e. The molecule has 1 saturated carbocycles. The van der Waals surface area contributed by atoms with Crippen molar-refractivity contribution < 1.29 is 20.1 Å². The molecule has 1 aromatic carbocycles. The van der Waals surface area contributed by atoms with Crippen LogP contribution >= 0.6 is 0 Å². The summed E-state index contributed by atoms with van der Waals surface area (Å²) in [7, 11) is 0. The third kappa shape index (κ3) is 5.48. The number of hydrogen-bond acceptors (Lipinski definition) is 3. The van der Waals surface area contributed by atoms with Gasteiger partial charge in [0.25, 0.3) is 0 Å². The van der Waals surface area contributed by atoms with Crippen LogP contribution in [-0.4, -0.2) is 33.0 Å². The third-order valence-corrected chi connectivity index (χ3v) is 4.72. The van der Waals surface area contributed by atoms with Crippen LogP contribution in [-0.2, 0) is 11.2 Å². The number of aliphatic hydroxyl groups is 2. The number of rotatable bonds is 7. The second-order valence-electron chi connectivity index (χ2n) is 6.77. The van der Waals surface area contributed by atoms with E-state index in [1.54, 1.807) is 13.0 Å². The van der Waals surface area contributed by atoms with E-state index in [1.165, 1.54) is 5.56 Å². The fraction of sp³-hybridized carbons (Fsp3) is 0.526. The number of aryl methyl sites for hydroxylation is 1. The fourth-order valence-electron chi connectivity index (χ4n) is 3.26. The molecule has 126 valence electrons. The van der Waals surface area contributed by atoms with Gasteiger partial charge in [-0.3, -0.25) is 4.79 Å². The SMILES string of the molecule is C[C@@](O)(C=C[C@H]1CC[C@H](O)[C@@H]1CC(=O)O)CCc1ccccc1. The maximum atomic E-state index is 10.9. The number of allylic oxidation sites excluding steroid dienone is 1. The van der Waals surface area contributed by atoms with Gasteiger partial charge in [0.1, 0.15) is 0 Å². The number of carboxylic acids is 1. The summed E-state index contributed by atoms with van der Waals surface area (Å²) >= 11 is 0. The fourth-order valence-corrected chi connectivity index (χ4v) is 3.26. The molecule has 0 aromatic heterocycles. The van der Waals surface area contributed by atoms with Crippen LogP contribution in [0.4, 0.5) is 0 Å². The molecule has 4 heteroatoms. The van der Waals surface area contributed by atoms with E-state index < -0.39 is 17.7 Å². The zero-order valence-corrected chi connectivity index (χ0v) is 13.6. The summed E-state index contributed by atoms with van der Waals surface area (Å²) in [5, 5.41) is 29.4. The van der Waals surface area contributed by atoms with Gasteiger partial charge in [0.05, 0.1) is 18.1 Å². The Bertz CT molecular complexity index is 536. The largest absolute Gasteiger partial charge is 0.481 e. The van der Waals surface area contributed by atoms with E-state index in [0.29, 0.717) is 12.8 Å². The van der Waals surface area contributed by atoms with Crippen LogP contribution in [0.3, 0.4) is 0 Å². The van der Waals surface area contributed by atoms with Gasteiger partial charge < -0.3 is 15.3 Å². The van der Waals surface area contributed by atoms with Crippen LogP contribution in [0.2, 0.25) is 0 Å². The minimum atomic E-state index is -0.933. The van der Waals surface area contributed by atoms with Crippen molar-refractivity contribution in [1.82, 2.24) is 0 Å². The summed E-state index contributed by atoms with van der Waals surface area (Å²) in [5.74, 6) is -1.12. The Hall–Kier alpha value is -1.65. The topological polar surface area (TPSA) is 77.8 Å². The Morgan fingerprint density at radius 2 is 2.00 bits per heavy atom. The van der Waals surface area contributed by atoms with E-state index in [2.05, 4.69) is 0 Å². The zero-order chi connectivity index (χ0) is 16.9. The van der Waals surface area contributed by atoms with Gasteiger partial charge in [0.15, 0.2) is 0 Å². The van der Waals surface area contributed by atoms with Gasteiger partial charge >= 0.3 is 5.97 Å². The molecule has 0 heterocycles. The van der Waals surface area contributed by atoms with Gasteiger partial charge in [0, 0.05) is 5.92 Å². The first-order valence-corrected chi connectivity index (χ1v) is 8.23. The van der Waals surface area contributed by atoms with Crippen molar-refractivity contribution in [3.8, 4) is 0 Å². The smallest absolute Gasteiger partial charge is 0.303 e. The summed E-state index contributed by atoms with van der Waals surface area (Å²) in [6, 6.07) is 10.0. The van der Waals surface area contributed by atoms with Gasteiger partial charge in [-0.2, -0.15) is 0 Å². The summed E-state index contributed by atoms with van der Waals surface area (Å²) < 4.78 is 0. The van der Waals surface area contributed by atoms with Crippen molar-refractivity contribution in [2.24, 2.45) is 11.8 Å². The number of hydrogen-bond donors (Lipinski definition) is 3. The molecule has 1 fully saturated rings. The summed E-state index contributed by atoms with van der Waals surface area (Å²) in [4.78, 5) is 10.9. The van der Waals surface area contributed by atoms with E-state index in [1.807, 2.05) is 36.4 Å². The number of benzene rings is 1. The summed E-state index contributed by atoms with van der Waals surface area (Å²) in [5.41, 5.74) is 0.248. The Morgan fingerprint density at radius 1 is 1.30 bits per heavy atom. The van der Waals surface area contributed by atoms with E-state index >= 15 is 0 Å². The van der Waals surface area contributed by atoms with Gasteiger partial charge in [-0.1, -0.05) is 42.5 Å². The van der Waals surface area contributed by atoms with Crippen molar-refractivity contribution in [2.45, 2.75) is 50.7 Å². The highest BCUT2D eigenvalue weighted by Gasteiger charge is 2.35. The molecule has 3 N–H and O–H groups in total. The second kappa shape index (κ2) is 7.75.